The number of rotatable bonds is 2. The lowest BCUT2D eigenvalue weighted by Gasteiger charge is -2.35. The lowest BCUT2D eigenvalue weighted by molar-refractivity contribution is 0.0558. The first-order chi connectivity index (χ1) is 12.1. The fraction of sp³-hybridized carbons (Fsp3) is 0.533. The van der Waals surface area contributed by atoms with E-state index in [0.29, 0.717) is 0 Å². The highest BCUT2D eigenvalue weighted by atomic mass is 35.5. The lowest BCUT2D eigenvalue weighted by atomic mass is 10.0. The summed E-state index contributed by atoms with van der Waals surface area (Å²) in [7, 11) is -2.60. The van der Waals surface area contributed by atoms with Gasteiger partial charge in [-0.3, -0.25) is 5.32 Å². The van der Waals surface area contributed by atoms with Gasteiger partial charge in [0.15, 0.2) is 0 Å². The van der Waals surface area contributed by atoms with Crippen LogP contribution in [0.25, 0.3) is 0 Å². The third kappa shape index (κ3) is 4.71. The van der Waals surface area contributed by atoms with Gasteiger partial charge in [-0.15, -0.1) is 11.3 Å². The third-order valence-electron chi connectivity index (χ3n) is 3.53. The van der Waals surface area contributed by atoms with E-state index in [4.69, 9.17) is 21.4 Å². The monoisotopic (exact) mass is 437 g/mol. The van der Waals surface area contributed by atoms with E-state index in [0.717, 1.165) is 15.6 Å². The Bertz CT molecular complexity index is 918. The first-order valence-electron chi connectivity index (χ1n) is 7.74. The number of nitrogens with zero attached hydrogens (tertiary/aromatic N) is 2. The second kappa shape index (κ2) is 6.95. The highest BCUT2D eigenvalue weighted by molar-refractivity contribution is 7.89. The van der Waals surface area contributed by atoms with Gasteiger partial charge in [0.1, 0.15) is 16.0 Å². The van der Waals surface area contributed by atoms with Gasteiger partial charge < -0.3 is 9.84 Å². The molecule has 1 aromatic heterocycles. The summed E-state index contributed by atoms with van der Waals surface area (Å²) in [5.74, 6) is -1.85. The number of nitrogens with one attached hydrogen (secondary N) is 1. The van der Waals surface area contributed by atoms with Crippen molar-refractivity contribution in [3.63, 3.8) is 0 Å². The van der Waals surface area contributed by atoms with Crippen LogP contribution in [-0.2, 0) is 20.3 Å². The summed E-state index contributed by atoms with van der Waals surface area (Å²) in [6.45, 7) is 6.51. The maximum absolute atomic E-state index is 12.6. The second-order valence-electron chi connectivity index (χ2n) is 7.15. The molecule has 2 heterocycles. The number of thiophene rings is 1. The molecule has 0 aromatic carbocycles. The molecule has 1 aromatic rings. The number of carbonyl (C=O) groups excluding carboxylic acids is 1. The number of halogens is 1. The molecule has 0 spiro atoms. The maximum atomic E-state index is 12.6. The molecule has 0 unspecified atom stereocenters. The normalized spacial score (nSPS) is 22.1. The number of sulfonamides is 1. The molecule has 2 rings (SSSR count). The van der Waals surface area contributed by atoms with Gasteiger partial charge in [-0.25, -0.2) is 27.3 Å². The minimum atomic E-state index is -3.85. The van der Waals surface area contributed by atoms with Crippen LogP contribution < -0.4 is 5.32 Å². The quantitative estimate of drug-likeness (QED) is 0.732. The summed E-state index contributed by atoms with van der Waals surface area (Å²) in [5.41, 5.74) is -2.15. The minimum Gasteiger partial charge on any atom is -0.477 e. The Morgan fingerprint density at radius 2 is 2.04 bits per heavy atom. The highest BCUT2D eigenvalue weighted by Gasteiger charge is 2.44. The summed E-state index contributed by atoms with van der Waals surface area (Å²) >= 11 is 6.98. The standard InChI is InChI=1S/C15H20ClN3O6S2/c1-14(2,3)25-13(22)17-12-18-15(4,7-27(23,24)19(12)5)10-8(16)6-9(26-10)11(20)21/h6H,7H2,1-5H3,(H,20,21)(H,17,18,22)/t15-/m0/s1. The van der Waals surface area contributed by atoms with Crippen LogP contribution in [0.15, 0.2) is 11.1 Å². The zero-order valence-corrected chi connectivity index (χ0v) is 17.8. The number of carbonyl (C=O) groups is 2. The molecule has 9 nitrogen and oxygen atoms in total. The van der Waals surface area contributed by atoms with Gasteiger partial charge >= 0.3 is 12.1 Å². The third-order valence-corrected chi connectivity index (χ3v) is 7.25. The van der Waals surface area contributed by atoms with E-state index >= 15 is 0 Å². The molecule has 27 heavy (non-hydrogen) atoms. The lowest BCUT2D eigenvalue weighted by Crippen LogP contribution is -2.53. The minimum absolute atomic E-state index is 0.0376. The molecule has 0 saturated heterocycles. The molecule has 2 N–H and O–H groups in total. The van der Waals surface area contributed by atoms with Crippen molar-refractivity contribution in [2.75, 3.05) is 12.8 Å². The van der Waals surface area contributed by atoms with Crippen LogP contribution in [0.3, 0.4) is 0 Å². The smallest absolute Gasteiger partial charge is 0.414 e. The van der Waals surface area contributed by atoms with E-state index in [1.807, 2.05) is 0 Å². The molecule has 0 aliphatic carbocycles. The molecule has 1 atom stereocenters. The largest absolute Gasteiger partial charge is 0.477 e. The van der Waals surface area contributed by atoms with Crippen molar-refractivity contribution in [3.05, 3.63) is 20.8 Å². The van der Waals surface area contributed by atoms with E-state index < -0.39 is 39.0 Å². The van der Waals surface area contributed by atoms with Crippen molar-refractivity contribution in [2.45, 2.75) is 38.8 Å². The number of alkyl carbamates (subject to hydrolysis) is 1. The number of carboxylic acid groups (broad SMARTS) is 1. The van der Waals surface area contributed by atoms with Crippen LogP contribution in [0.1, 0.15) is 42.2 Å². The van der Waals surface area contributed by atoms with Crippen molar-refractivity contribution in [3.8, 4) is 0 Å². The first-order valence-corrected chi connectivity index (χ1v) is 10.5. The second-order valence-corrected chi connectivity index (χ2v) is 10.6. The Morgan fingerprint density at radius 3 is 2.52 bits per heavy atom. The van der Waals surface area contributed by atoms with Crippen LogP contribution in [-0.4, -0.2) is 54.3 Å². The molecule has 1 aliphatic heterocycles. The predicted molar refractivity (Wildman–Crippen MR) is 102 cm³/mol. The number of amides is 1. The Hall–Kier alpha value is -1.85. The Kier molecular flexibility index (Phi) is 5.52. The van der Waals surface area contributed by atoms with E-state index in [2.05, 4.69) is 10.3 Å². The summed E-state index contributed by atoms with van der Waals surface area (Å²) in [6, 6.07) is 1.25. The number of aromatic carboxylic acids is 1. The summed E-state index contributed by atoms with van der Waals surface area (Å²) in [5, 5.41) is 11.6. The van der Waals surface area contributed by atoms with Crippen molar-refractivity contribution in [1.82, 2.24) is 9.62 Å². The highest BCUT2D eigenvalue weighted by Crippen LogP contribution is 2.41. The summed E-state index contributed by atoms with van der Waals surface area (Å²) < 4.78 is 31.2. The summed E-state index contributed by atoms with van der Waals surface area (Å²) in [4.78, 5) is 27.8. The number of ether oxygens (including phenoxy) is 1. The van der Waals surface area contributed by atoms with Gasteiger partial charge in [-0.1, -0.05) is 11.6 Å². The van der Waals surface area contributed by atoms with Gasteiger partial charge in [0.05, 0.1) is 15.7 Å². The van der Waals surface area contributed by atoms with Gasteiger partial charge in [0, 0.05) is 7.05 Å². The van der Waals surface area contributed by atoms with E-state index in [1.54, 1.807) is 20.8 Å². The summed E-state index contributed by atoms with van der Waals surface area (Å²) in [6.07, 6.45) is -0.865. The van der Waals surface area contributed by atoms with Crippen molar-refractivity contribution < 1.29 is 27.9 Å². The molecule has 0 radical (unpaired) electrons. The van der Waals surface area contributed by atoms with Gasteiger partial charge in [0.25, 0.3) is 0 Å². The molecule has 0 bridgehead atoms. The fourth-order valence-corrected chi connectivity index (χ4v) is 5.40. The zero-order valence-electron chi connectivity index (χ0n) is 15.4. The molecule has 0 saturated carbocycles. The number of aliphatic imine (C=N–C) groups is 1. The van der Waals surface area contributed by atoms with Crippen molar-refractivity contribution >= 4 is 51.0 Å². The van der Waals surface area contributed by atoms with Gasteiger partial charge in [0.2, 0.25) is 16.0 Å². The fourth-order valence-electron chi connectivity index (χ4n) is 2.38. The van der Waals surface area contributed by atoms with Crippen LogP contribution >= 0.6 is 22.9 Å². The van der Waals surface area contributed by atoms with Crippen molar-refractivity contribution in [1.29, 1.82) is 0 Å². The first kappa shape index (κ1) is 21.5. The van der Waals surface area contributed by atoms with Crippen LogP contribution in [0.5, 0.6) is 0 Å². The number of hydrogen-bond donors (Lipinski definition) is 2. The Morgan fingerprint density at radius 1 is 1.44 bits per heavy atom. The molecule has 1 aliphatic rings. The molecular formula is C15H20ClN3O6S2. The molecule has 1 amide bonds. The zero-order chi connectivity index (χ0) is 20.8. The van der Waals surface area contributed by atoms with Crippen LogP contribution in [0, 0.1) is 0 Å². The average molecular weight is 438 g/mol. The average Bonchev–Trinajstić information content (AvgIpc) is 2.85. The topological polar surface area (TPSA) is 125 Å². The van der Waals surface area contributed by atoms with Gasteiger partial charge in [-0.05, 0) is 33.8 Å². The molecule has 0 fully saturated rings. The van der Waals surface area contributed by atoms with Gasteiger partial charge in [-0.2, -0.15) is 0 Å². The predicted octanol–water partition coefficient (Wildman–Crippen LogP) is 2.47. The van der Waals surface area contributed by atoms with E-state index in [-0.39, 0.29) is 20.7 Å². The number of carboxylic acids is 1. The Balaban J connectivity index is 2.48. The maximum Gasteiger partial charge on any atom is 0.414 e. The van der Waals surface area contributed by atoms with E-state index in [9.17, 15) is 18.0 Å². The number of guanidine groups is 1. The Labute approximate surface area is 166 Å². The number of hydrogen-bond acceptors (Lipinski definition) is 7. The van der Waals surface area contributed by atoms with E-state index in [1.165, 1.54) is 20.0 Å². The van der Waals surface area contributed by atoms with Crippen molar-refractivity contribution in [2.24, 2.45) is 4.99 Å². The SMILES string of the molecule is CN1C(NC(=O)OC(C)(C)C)=N[C@](C)(c2sc(C(=O)O)cc2Cl)CS1(=O)=O. The van der Waals surface area contributed by atoms with Crippen LogP contribution in [0.4, 0.5) is 4.79 Å². The van der Waals surface area contributed by atoms with Crippen LogP contribution in [0.2, 0.25) is 5.02 Å². The molecule has 12 heteroatoms. The molecular weight excluding hydrogens is 418 g/mol. The molecule has 150 valence electrons.